The minimum Gasteiger partial charge on any atom is -0.461 e. The van der Waals surface area contributed by atoms with E-state index in [0.717, 1.165) is 36.7 Å². The number of cyclic esters (lactones) is 1. The van der Waals surface area contributed by atoms with Gasteiger partial charge in [-0.2, -0.15) is 0 Å². The first kappa shape index (κ1) is 23.1. The summed E-state index contributed by atoms with van der Waals surface area (Å²) in [6, 6.07) is 0. The first-order chi connectivity index (χ1) is 16.0. The van der Waals surface area contributed by atoms with Crippen molar-refractivity contribution in [3.8, 4) is 0 Å². The molecule has 0 N–H and O–H groups in total. The van der Waals surface area contributed by atoms with E-state index >= 15 is 0 Å². The summed E-state index contributed by atoms with van der Waals surface area (Å²) in [6.45, 7) is 13.8. The zero-order valence-corrected chi connectivity index (χ0v) is 22.2. The Kier molecular flexibility index (Phi) is 4.84. The number of rotatable bonds is 2. The number of hydrogen-bond acceptors (Lipinski definition) is 4. The molecule has 1 aliphatic heterocycles. The molecule has 0 saturated heterocycles. The van der Waals surface area contributed by atoms with Crippen LogP contribution in [0.3, 0.4) is 0 Å². The molecule has 0 aromatic rings. The van der Waals surface area contributed by atoms with E-state index in [9.17, 15) is 9.59 Å². The maximum atomic E-state index is 13.2. The van der Waals surface area contributed by atoms with Gasteiger partial charge in [-0.1, -0.05) is 41.0 Å². The molecule has 0 aromatic heterocycles. The average Bonchev–Trinajstić information content (AvgIpc) is 3.30. The van der Waals surface area contributed by atoms with Gasteiger partial charge in [-0.15, -0.1) is 0 Å². The van der Waals surface area contributed by atoms with E-state index in [1.54, 1.807) is 0 Å². The van der Waals surface area contributed by atoms with Crippen LogP contribution in [0.1, 0.15) is 106 Å². The summed E-state index contributed by atoms with van der Waals surface area (Å²) in [7, 11) is 0. The Balaban J connectivity index is 1.47. The Morgan fingerprint density at radius 2 is 1.74 bits per heavy atom. The summed E-state index contributed by atoms with van der Waals surface area (Å²) in [6.07, 6.45) is 10.9. The van der Waals surface area contributed by atoms with Crippen LogP contribution < -0.4 is 0 Å². The molecule has 5 aliphatic carbocycles. The topological polar surface area (TPSA) is 52.6 Å². The molecule has 4 saturated carbocycles. The smallest absolute Gasteiger partial charge is 0.335 e. The van der Waals surface area contributed by atoms with E-state index in [0.29, 0.717) is 29.1 Å². The van der Waals surface area contributed by atoms with Crippen molar-refractivity contribution in [3.05, 3.63) is 11.1 Å². The summed E-state index contributed by atoms with van der Waals surface area (Å²) in [5.41, 5.74) is 2.62. The van der Waals surface area contributed by atoms with Crippen molar-refractivity contribution in [2.45, 2.75) is 118 Å². The fourth-order valence-electron chi connectivity index (χ4n) is 11.1. The van der Waals surface area contributed by atoms with Crippen LogP contribution in [0.4, 0.5) is 0 Å². The molecule has 6 aliphatic rings. The number of ether oxygens (including phenoxy) is 2. The summed E-state index contributed by atoms with van der Waals surface area (Å²) in [5.74, 6) is 2.25. The van der Waals surface area contributed by atoms with Crippen molar-refractivity contribution in [3.63, 3.8) is 0 Å². The molecule has 0 radical (unpaired) electrons. The molecule has 6 rings (SSSR count). The van der Waals surface area contributed by atoms with E-state index < -0.39 is 5.41 Å². The standard InChI is InChI=1S/C30H44O4/c1-7-24(31)34-23-15-22-27(4)12-8-13-30(16-17(30)2)21(27)11-14-28(22,5)20-10-9-19-18(3)33-26(32)25(19)29(20,23)6/h17-18,20-23H,7-16H2,1-6H3/t17-,18-,20-,21+,22+,23-,27-,28-,29+,30-/m0/s1. The number of hydrogen-bond donors (Lipinski definition) is 0. The normalized spacial score (nSPS) is 53.4. The Morgan fingerprint density at radius 1 is 1.03 bits per heavy atom. The van der Waals surface area contributed by atoms with Gasteiger partial charge in [0.2, 0.25) is 0 Å². The highest BCUT2D eigenvalue weighted by atomic mass is 16.6. The third-order valence-electron chi connectivity index (χ3n) is 12.7. The number of fused-ring (bicyclic) bond motifs is 7. The van der Waals surface area contributed by atoms with Crippen LogP contribution in [-0.4, -0.2) is 24.1 Å². The van der Waals surface area contributed by atoms with E-state index in [1.165, 1.54) is 44.1 Å². The molecule has 10 atom stereocenters. The van der Waals surface area contributed by atoms with Crippen molar-refractivity contribution < 1.29 is 19.1 Å². The molecule has 188 valence electrons. The van der Waals surface area contributed by atoms with Crippen LogP contribution in [0, 0.1) is 45.3 Å². The molecule has 1 heterocycles. The third kappa shape index (κ3) is 2.67. The van der Waals surface area contributed by atoms with Gasteiger partial charge in [0.15, 0.2) is 0 Å². The summed E-state index contributed by atoms with van der Waals surface area (Å²) < 4.78 is 12.1. The van der Waals surface area contributed by atoms with Gasteiger partial charge >= 0.3 is 11.9 Å². The molecule has 0 amide bonds. The predicted octanol–water partition coefficient (Wildman–Crippen LogP) is 6.62. The molecule has 4 fully saturated rings. The fraction of sp³-hybridized carbons (Fsp3) is 0.867. The van der Waals surface area contributed by atoms with Crippen LogP contribution >= 0.6 is 0 Å². The molecule has 0 bridgehead atoms. The van der Waals surface area contributed by atoms with Gasteiger partial charge in [0, 0.05) is 17.4 Å². The second-order valence-electron chi connectivity index (χ2n) is 13.7. The second-order valence-corrected chi connectivity index (χ2v) is 13.7. The lowest BCUT2D eigenvalue weighted by Gasteiger charge is -2.69. The Labute approximate surface area is 205 Å². The third-order valence-corrected chi connectivity index (χ3v) is 12.7. The van der Waals surface area contributed by atoms with Crippen LogP contribution in [0.25, 0.3) is 0 Å². The molecule has 0 aromatic carbocycles. The second kappa shape index (κ2) is 7.13. The van der Waals surface area contributed by atoms with Gasteiger partial charge in [-0.25, -0.2) is 4.79 Å². The minimum atomic E-state index is -0.450. The fourth-order valence-corrected chi connectivity index (χ4v) is 11.1. The highest BCUT2D eigenvalue weighted by molar-refractivity contribution is 5.94. The molecule has 34 heavy (non-hydrogen) atoms. The molecular weight excluding hydrogens is 424 g/mol. The van der Waals surface area contributed by atoms with Crippen LogP contribution in [-0.2, 0) is 19.1 Å². The van der Waals surface area contributed by atoms with E-state index in [4.69, 9.17) is 9.47 Å². The van der Waals surface area contributed by atoms with Crippen LogP contribution in [0.15, 0.2) is 11.1 Å². The quantitative estimate of drug-likeness (QED) is 0.427. The minimum absolute atomic E-state index is 0.130. The largest absolute Gasteiger partial charge is 0.461 e. The lowest BCUT2D eigenvalue weighted by Crippen LogP contribution is -2.65. The van der Waals surface area contributed by atoms with E-state index in [2.05, 4.69) is 27.7 Å². The highest BCUT2D eigenvalue weighted by Crippen LogP contribution is 2.78. The predicted molar refractivity (Wildman–Crippen MR) is 131 cm³/mol. The van der Waals surface area contributed by atoms with Gasteiger partial charge in [0.1, 0.15) is 12.2 Å². The van der Waals surface area contributed by atoms with Gasteiger partial charge < -0.3 is 9.47 Å². The van der Waals surface area contributed by atoms with Gasteiger partial charge in [0.05, 0.1) is 0 Å². The lowest BCUT2D eigenvalue weighted by atomic mass is 9.35. The summed E-state index contributed by atoms with van der Waals surface area (Å²) >= 11 is 0. The number of carbonyl (C=O) groups excluding carboxylic acids is 2. The molecule has 4 nitrogen and oxygen atoms in total. The molecule has 4 heteroatoms. The van der Waals surface area contributed by atoms with Crippen molar-refractivity contribution in [1.82, 2.24) is 0 Å². The first-order valence-electron chi connectivity index (χ1n) is 14.2. The van der Waals surface area contributed by atoms with E-state index in [-0.39, 0.29) is 29.6 Å². The molecular formula is C30H44O4. The van der Waals surface area contributed by atoms with Crippen LogP contribution in [0.5, 0.6) is 0 Å². The van der Waals surface area contributed by atoms with E-state index in [1.807, 2.05) is 13.8 Å². The molecule has 1 spiro atoms. The zero-order chi connectivity index (χ0) is 24.3. The van der Waals surface area contributed by atoms with Crippen molar-refractivity contribution >= 4 is 11.9 Å². The maximum Gasteiger partial charge on any atom is 0.335 e. The van der Waals surface area contributed by atoms with Gasteiger partial charge in [-0.05, 0) is 104 Å². The number of esters is 2. The van der Waals surface area contributed by atoms with Crippen molar-refractivity contribution in [1.29, 1.82) is 0 Å². The summed E-state index contributed by atoms with van der Waals surface area (Å²) in [4.78, 5) is 26.0. The maximum absolute atomic E-state index is 13.2. The SMILES string of the molecule is CCC(=O)O[C@H]1C[C@@H]2[C@@]3(C)CCC[C@@]4(C[C@@H]4C)[C@@H]3CC[C@@]2(C)[C@@H]2CCC3=C(C(=O)O[C@H]3C)[C@@]12C. The summed E-state index contributed by atoms with van der Waals surface area (Å²) in [5, 5.41) is 0. The van der Waals surface area contributed by atoms with Crippen molar-refractivity contribution in [2.75, 3.05) is 0 Å². The highest BCUT2D eigenvalue weighted by Gasteiger charge is 2.72. The Hall–Kier alpha value is -1.32. The van der Waals surface area contributed by atoms with Gasteiger partial charge in [0.25, 0.3) is 0 Å². The molecule has 0 unspecified atom stereocenters. The average molecular weight is 469 g/mol. The Bertz CT molecular complexity index is 967. The van der Waals surface area contributed by atoms with Crippen LogP contribution in [0.2, 0.25) is 0 Å². The lowest BCUT2D eigenvalue weighted by molar-refractivity contribution is -0.222. The number of carbonyl (C=O) groups is 2. The van der Waals surface area contributed by atoms with Gasteiger partial charge in [-0.3, -0.25) is 4.79 Å². The Morgan fingerprint density at radius 3 is 2.41 bits per heavy atom. The zero-order valence-electron chi connectivity index (χ0n) is 22.2. The first-order valence-corrected chi connectivity index (χ1v) is 14.2. The van der Waals surface area contributed by atoms with Crippen molar-refractivity contribution in [2.24, 2.45) is 45.3 Å². The monoisotopic (exact) mass is 468 g/mol.